The normalized spacial score (nSPS) is 12.5. The first kappa shape index (κ1) is 23.9. The minimum atomic E-state index is -1.50. The van der Waals surface area contributed by atoms with Gasteiger partial charge in [0, 0.05) is 11.1 Å². The van der Waals surface area contributed by atoms with Crippen molar-refractivity contribution in [3.05, 3.63) is 71.3 Å². The molecule has 0 aliphatic rings. The van der Waals surface area contributed by atoms with Crippen molar-refractivity contribution >= 4 is 23.5 Å². The molecule has 0 aliphatic heterocycles. The molecule has 0 amide bonds. The second kappa shape index (κ2) is 11.1. The number of hydrogen-bond donors (Lipinski definition) is 0. The zero-order valence-corrected chi connectivity index (χ0v) is 17.1. The zero-order valence-electron chi connectivity index (χ0n) is 17.1. The average molecular weight is 432 g/mol. The predicted molar refractivity (Wildman–Crippen MR) is 106 cm³/mol. The molecule has 2 aromatic rings. The van der Waals surface area contributed by atoms with Crippen molar-refractivity contribution in [1.82, 2.24) is 0 Å². The highest BCUT2D eigenvalue weighted by molar-refractivity contribution is 6.12. The zero-order chi connectivity index (χ0) is 23.0. The fraction of sp³-hybridized carbons (Fsp3) is 0.304. The molecule has 0 bridgehead atoms. The Bertz CT molecular complexity index is 860. The minimum Gasteiger partial charge on any atom is -0.465 e. The Morgan fingerprint density at radius 3 is 1.29 bits per heavy atom. The van der Waals surface area contributed by atoms with E-state index in [1.165, 1.54) is 24.3 Å². The summed E-state index contributed by atoms with van der Waals surface area (Å²) in [5.74, 6) is -7.41. The molecule has 0 aliphatic carbocycles. The molecular weight excluding hydrogens is 410 g/mol. The van der Waals surface area contributed by atoms with Crippen molar-refractivity contribution < 1.29 is 37.4 Å². The lowest BCUT2D eigenvalue weighted by atomic mass is 9.84. The van der Waals surface area contributed by atoms with Crippen LogP contribution in [-0.2, 0) is 19.1 Å². The Balaban J connectivity index is 2.40. The molecule has 2 atom stereocenters. The molecule has 0 radical (unpaired) electrons. The van der Waals surface area contributed by atoms with Crippen LogP contribution in [0.1, 0.15) is 41.0 Å². The lowest BCUT2D eigenvalue weighted by molar-refractivity contribution is -0.149. The first-order valence-electron chi connectivity index (χ1n) is 9.71. The Morgan fingerprint density at radius 1 is 0.677 bits per heavy atom. The SMILES string of the molecule is CCOC(=O)C(CC(C(=O)OCC)C(=O)c1ccc(F)cc1)C(=O)c1ccc(F)cc1. The van der Waals surface area contributed by atoms with Crippen LogP contribution >= 0.6 is 0 Å². The van der Waals surface area contributed by atoms with Gasteiger partial charge in [-0.05, 0) is 68.8 Å². The molecule has 164 valence electrons. The van der Waals surface area contributed by atoms with Gasteiger partial charge in [0.25, 0.3) is 0 Å². The van der Waals surface area contributed by atoms with Gasteiger partial charge in [0.15, 0.2) is 11.6 Å². The highest BCUT2D eigenvalue weighted by atomic mass is 19.1. The van der Waals surface area contributed by atoms with E-state index in [1.807, 2.05) is 0 Å². The summed E-state index contributed by atoms with van der Waals surface area (Å²) in [7, 11) is 0. The van der Waals surface area contributed by atoms with Gasteiger partial charge in [0.05, 0.1) is 13.2 Å². The topological polar surface area (TPSA) is 86.7 Å². The summed E-state index contributed by atoms with van der Waals surface area (Å²) >= 11 is 0. The van der Waals surface area contributed by atoms with E-state index in [0.717, 1.165) is 24.3 Å². The fourth-order valence-corrected chi connectivity index (χ4v) is 2.97. The standard InChI is InChI=1S/C23H22F2O6/c1-3-30-22(28)18(20(26)14-5-9-16(24)10-6-14)13-19(23(29)31-4-2)21(27)15-7-11-17(25)12-8-15/h5-12,18-19H,3-4,13H2,1-2H3. The lowest BCUT2D eigenvalue weighted by Crippen LogP contribution is -2.35. The number of ketones is 2. The van der Waals surface area contributed by atoms with Gasteiger partial charge in [-0.3, -0.25) is 19.2 Å². The molecule has 31 heavy (non-hydrogen) atoms. The molecule has 2 aromatic carbocycles. The summed E-state index contributed by atoms with van der Waals surface area (Å²) in [5.41, 5.74) is 0.0487. The molecule has 2 unspecified atom stereocenters. The number of rotatable bonds is 10. The Hall–Kier alpha value is -3.42. The largest absolute Gasteiger partial charge is 0.465 e. The first-order chi connectivity index (χ1) is 14.8. The Kier molecular flexibility index (Phi) is 8.54. The average Bonchev–Trinajstić information content (AvgIpc) is 2.75. The van der Waals surface area contributed by atoms with E-state index in [9.17, 15) is 28.0 Å². The van der Waals surface area contributed by atoms with E-state index in [1.54, 1.807) is 13.8 Å². The van der Waals surface area contributed by atoms with Gasteiger partial charge in [0.2, 0.25) is 0 Å². The third-order valence-electron chi connectivity index (χ3n) is 4.50. The van der Waals surface area contributed by atoms with Crippen molar-refractivity contribution in [2.24, 2.45) is 11.8 Å². The van der Waals surface area contributed by atoms with Gasteiger partial charge in [-0.2, -0.15) is 0 Å². The number of halogens is 2. The number of esters is 2. The van der Waals surface area contributed by atoms with E-state index >= 15 is 0 Å². The molecule has 0 spiro atoms. The first-order valence-corrected chi connectivity index (χ1v) is 9.71. The molecule has 8 heteroatoms. The fourth-order valence-electron chi connectivity index (χ4n) is 2.97. The van der Waals surface area contributed by atoms with Crippen molar-refractivity contribution in [1.29, 1.82) is 0 Å². The maximum atomic E-state index is 13.2. The van der Waals surface area contributed by atoms with E-state index in [-0.39, 0.29) is 24.3 Å². The van der Waals surface area contributed by atoms with Crippen LogP contribution in [0.3, 0.4) is 0 Å². The van der Waals surface area contributed by atoms with Crippen LogP contribution in [0, 0.1) is 23.5 Å². The van der Waals surface area contributed by atoms with E-state index in [2.05, 4.69) is 0 Å². The van der Waals surface area contributed by atoms with Crippen LogP contribution < -0.4 is 0 Å². The molecule has 0 heterocycles. The monoisotopic (exact) mass is 432 g/mol. The van der Waals surface area contributed by atoms with E-state index in [0.29, 0.717) is 0 Å². The van der Waals surface area contributed by atoms with Crippen LogP contribution in [0.15, 0.2) is 48.5 Å². The van der Waals surface area contributed by atoms with Crippen molar-refractivity contribution in [2.75, 3.05) is 13.2 Å². The summed E-state index contributed by atoms with van der Waals surface area (Å²) in [4.78, 5) is 50.9. The number of carbonyl (C=O) groups is 4. The quantitative estimate of drug-likeness (QED) is 0.323. The molecule has 6 nitrogen and oxygen atoms in total. The number of benzene rings is 2. The molecule has 0 saturated carbocycles. The van der Waals surface area contributed by atoms with Crippen molar-refractivity contribution in [3.8, 4) is 0 Å². The molecule has 2 rings (SSSR count). The highest BCUT2D eigenvalue weighted by Gasteiger charge is 2.38. The summed E-state index contributed by atoms with van der Waals surface area (Å²) in [6, 6.07) is 9.03. The predicted octanol–water partition coefficient (Wildman–Crippen LogP) is 3.78. The molecule has 0 N–H and O–H groups in total. The van der Waals surface area contributed by atoms with Crippen LogP contribution in [0.25, 0.3) is 0 Å². The summed E-state index contributed by atoms with van der Waals surface area (Å²) in [6.45, 7) is 3.04. The van der Waals surface area contributed by atoms with Gasteiger partial charge >= 0.3 is 11.9 Å². The highest BCUT2D eigenvalue weighted by Crippen LogP contribution is 2.24. The van der Waals surface area contributed by atoms with Crippen LogP contribution in [0.2, 0.25) is 0 Å². The molecule has 0 fully saturated rings. The maximum absolute atomic E-state index is 13.2. The van der Waals surface area contributed by atoms with Crippen LogP contribution in [0.5, 0.6) is 0 Å². The van der Waals surface area contributed by atoms with Crippen molar-refractivity contribution in [2.45, 2.75) is 20.3 Å². The van der Waals surface area contributed by atoms with Gasteiger partial charge in [-0.25, -0.2) is 8.78 Å². The van der Waals surface area contributed by atoms with Crippen LogP contribution in [0.4, 0.5) is 8.78 Å². The molecular formula is C23H22F2O6. The van der Waals surface area contributed by atoms with E-state index < -0.39 is 53.4 Å². The Labute approximate surface area is 178 Å². The van der Waals surface area contributed by atoms with Gasteiger partial charge in [0.1, 0.15) is 23.5 Å². The summed E-state index contributed by atoms with van der Waals surface area (Å²) in [5, 5.41) is 0. The van der Waals surface area contributed by atoms with Crippen LogP contribution in [-0.4, -0.2) is 36.7 Å². The second-order valence-electron chi connectivity index (χ2n) is 6.59. The van der Waals surface area contributed by atoms with Gasteiger partial charge in [-0.1, -0.05) is 0 Å². The lowest BCUT2D eigenvalue weighted by Gasteiger charge is -2.20. The summed E-state index contributed by atoms with van der Waals surface area (Å²) < 4.78 is 36.4. The third-order valence-corrected chi connectivity index (χ3v) is 4.50. The third kappa shape index (κ3) is 6.28. The van der Waals surface area contributed by atoms with Gasteiger partial charge < -0.3 is 9.47 Å². The van der Waals surface area contributed by atoms with Crippen molar-refractivity contribution in [3.63, 3.8) is 0 Å². The Morgan fingerprint density at radius 2 is 1.00 bits per heavy atom. The minimum absolute atomic E-state index is 0.0243. The molecule has 0 saturated heterocycles. The second-order valence-corrected chi connectivity index (χ2v) is 6.59. The van der Waals surface area contributed by atoms with Gasteiger partial charge in [-0.15, -0.1) is 0 Å². The number of Topliss-reactive ketones (excluding diaryl/α,β-unsaturated/α-hetero) is 2. The smallest absolute Gasteiger partial charge is 0.316 e. The van der Waals surface area contributed by atoms with E-state index in [4.69, 9.17) is 9.47 Å². The summed E-state index contributed by atoms with van der Waals surface area (Å²) in [6.07, 6.45) is -0.510. The number of ether oxygens (including phenoxy) is 2. The maximum Gasteiger partial charge on any atom is 0.316 e. The number of hydrogen-bond acceptors (Lipinski definition) is 6. The molecule has 0 aromatic heterocycles. The number of carbonyl (C=O) groups excluding carboxylic acids is 4.